The van der Waals surface area contributed by atoms with Gasteiger partial charge in [0.1, 0.15) is 0 Å². The Morgan fingerprint density at radius 2 is 1.96 bits per heavy atom. The van der Waals surface area contributed by atoms with Crippen LogP contribution in [-0.4, -0.2) is 31.7 Å². The van der Waals surface area contributed by atoms with Crippen LogP contribution in [0.3, 0.4) is 0 Å². The van der Waals surface area contributed by atoms with E-state index in [9.17, 15) is 4.79 Å². The molecule has 3 rings (SSSR count). The summed E-state index contributed by atoms with van der Waals surface area (Å²) in [5.74, 6) is 0.548. The highest BCUT2D eigenvalue weighted by molar-refractivity contribution is 7.98. The normalized spacial score (nSPS) is 11.1. The van der Waals surface area contributed by atoms with E-state index in [-0.39, 0.29) is 12.3 Å². The Morgan fingerprint density at radius 3 is 2.65 bits per heavy atom. The summed E-state index contributed by atoms with van der Waals surface area (Å²) in [6, 6.07) is 6.25. The van der Waals surface area contributed by atoms with Gasteiger partial charge in [-0.05, 0) is 45.1 Å². The molecule has 1 aromatic carbocycles. The number of nitrogens with one attached hydrogen (secondary N) is 1. The van der Waals surface area contributed by atoms with Crippen LogP contribution in [0.25, 0.3) is 5.78 Å². The number of aryl methyl sites for hydroxylation is 4. The Hall–Kier alpha value is -2.41. The van der Waals surface area contributed by atoms with Crippen LogP contribution in [0.4, 0.5) is 0 Å². The first-order valence-electron chi connectivity index (χ1n) is 8.48. The smallest absolute Gasteiger partial charge is 0.253 e. The number of fused-ring (bicyclic) bond motifs is 1. The van der Waals surface area contributed by atoms with E-state index in [2.05, 4.69) is 52.4 Å². The van der Waals surface area contributed by atoms with Crippen molar-refractivity contribution in [3.63, 3.8) is 0 Å². The van der Waals surface area contributed by atoms with Crippen molar-refractivity contribution in [3.05, 3.63) is 51.8 Å². The highest BCUT2D eigenvalue weighted by Gasteiger charge is 2.16. The number of hydrogen-bond acceptors (Lipinski definition) is 5. The lowest BCUT2D eigenvalue weighted by Crippen LogP contribution is -2.26. The molecule has 0 radical (unpaired) electrons. The summed E-state index contributed by atoms with van der Waals surface area (Å²) in [6.45, 7) is 8.52. The number of carbonyl (C=O) groups excluding carboxylic acids is 1. The van der Waals surface area contributed by atoms with E-state index in [1.807, 2.05) is 20.1 Å². The minimum atomic E-state index is -0.0254. The van der Waals surface area contributed by atoms with Gasteiger partial charge < -0.3 is 5.32 Å². The molecule has 0 fully saturated rings. The van der Waals surface area contributed by atoms with Crippen LogP contribution < -0.4 is 5.32 Å². The Labute approximate surface area is 157 Å². The lowest BCUT2D eigenvalue weighted by Gasteiger charge is -2.12. The first kappa shape index (κ1) is 18.4. The summed E-state index contributed by atoms with van der Waals surface area (Å²) in [4.78, 5) is 21.3. The molecular formula is C19H23N5OS. The molecule has 7 heteroatoms. The third-order valence-electron chi connectivity index (χ3n) is 4.52. The zero-order valence-corrected chi connectivity index (χ0v) is 16.6. The van der Waals surface area contributed by atoms with Gasteiger partial charge in [0, 0.05) is 23.5 Å². The van der Waals surface area contributed by atoms with Gasteiger partial charge >= 0.3 is 0 Å². The van der Waals surface area contributed by atoms with Gasteiger partial charge in [0.05, 0.1) is 6.42 Å². The van der Waals surface area contributed by atoms with Crippen LogP contribution in [0.1, 0.15) is 33.6 Å². The largest absolute Gasteiger partial charge is 0.352 e. The number of benzene rings is 1. The average molecular weight is 369 g/mol. The number of thioether (sulfide) groups is 1. The molecule has 0 unspecified atom stereocenters. The van der Waals surface area contributed by atoms with Gasteiger partial charge in [-0.3, -0.25) is 4.79 Å². The average Bonchev–Trinajstić information content (AvgIpc) is 3.01. The van der Waals surface area contributed by atoms with Crippen LogP contribution >= 0.6 is 11.8 Å². The van der Waals surface area contributed by atoms with Crippen LogP contribution in [0, 0.1) is 27.7 Å². The van der Waals surface area contributed by atoms with E-state index >= 15 is 0 Å². The molecule has 3 aromatic rings. The first-order valence-corrected chi connectivity index (χ1v) is 9.71. The van der Waals surface area contributed by atoms with Gasteiger partial charge in [-0.2, -0.15) is 4.98 Å². The van der Waals surface area contributed by atoms with E-state index in [1.54, 1.807) is 4.52 Å². The third kappa shape index (κ3) is 3.72. The summed E-state index contributed by atoms with van der Waals surface area (Å²) < 4.78 is 1.71. The Morgan fingerprint density at radius 1 is 1.19 bits per heavy atom. The molecule has 136 valence electrons. The second-order valence-electron chi connectivity index (χ2n) is 6.45. The number of amides is 1. The van der Waals surface area contributed by atoms with E-state index in [0.717, 1.165) is 22.5 Å². The van der Waals surface area contributed by atoms with Crippen molar-refractivity contribution >= 4 is 23.4 Å². The summed E-state index contributed by atoms with van der Waals surface area (Å²) in [5, 5.41) is 8.12. The summed E-state index contributed by atoms with van der Waals surface area (Å²) in [6.07, 6.45) is 2.21. The number of carbonyl (C=O) groups is 1. The fraction of sp³-hybridized carbons (Fsp3) is 0.368. The Kier molecular flexibility index (Phi) is 5.27. The molecule has 0 atom stereocenters. The molecule has 2 heterocycles. The molecule has 1 amide bonds. The summed E-state index contributed by atoms with van der Waals surface area (Å²) >= 11 is 1.47. The van der Waals surface area contributed by atoms with Crippen molar-refractivity contribution in [2.45, 2.75) is 45.8 Å². The summed E-state index contributed by atoms with van der Waals surface area (Å²) in [7, 11) is 0. The van der Waals surface area contributed by atoms with Gasteiger partial charge in [-0.25, -0.2) is 9.50 Å². The fourth-order valence-electron chi connectivity index (χ4n) is 2.99. The van der Waals surface area contributed by atoms with Crippen molar-refractivity contribution in [3.8, 4) is 0 Å². The van der Waals surface area contributed by atoms with E-state index in [0.29, 0.717) is 17.5 Å². The van der Waals surface area contributed by atoms with E-state index < -0.39 is 0 Å². The van der Waals surface area contributed by atoms with Gasteiger partial charge in [0.15, 0.2) is 0 Å². The molecule has 6 nitrogen and oxygen atoms in total. The number of rotatable bonds is 5. The number of hydrogen-bond donors (Lipinski definition) is 1. The maximum Gasteiger partial charge on any atom is 0.253 e. The topological polar surface area (TPSA) is 72.2 Å². The molecule has 0 aliphatic heterocycles. The minimum Gasteiger partial charge on any atom is -0.352 e. The zero-order valence-electron chi connectivity index (χ0n) is 15.8. The maximum absolute atomic E-state index is 12.5. The molecule has 2 aromatic heterocycles. The molecule has 0 aliphatic rings. The molecule has 0 bridgehead atoms. The highest BCUT2D eigenvalue weighted by atomic mass is 32.2. The predicted molar refractivity (Wildman–Crippen MR) is 104 cm³/mol. The molecular weight excluding hydrogens is 346 g/mol. The lowest BCUT2D eigenvalue weighted by atomic mass is 10.1. The molecule has 1 N–H and O–H groups in total. The third-order valence-corrected chi connectivity index (χ3v) is 5.06. The highest BCUT2D eigenvalue weighted by Crippen LogP contribution is 2.17. The van der Waals surface area contributed by atoms with Crippen molar-refractivity contribution in [2.24, 2.45) is 0 Å². The van der Waals surface area contributed by atoms with E-state index in [1.165, 1.54) is 22.9 Å². The SMILES string of the molecule is CSc1nc2nc(C)c(CC(=O)NCc3ccc(C)cc3C)c(C)n2n1. The number of aromatic nitrogens is 4. The second-order valence-corrected chi connectivity index (χ2v) is 7.23. The molecule has 0 saturated heterocycles. The minimum absolute atomic E-state index is 0.0254. The molecule has 0 saturated carbocycles. The fourth-order valence-corrected chi connectivity index (χ4v) is 3.33. The van der Waals surface area contributed by atoms with Gasteiger partial charge in [0.25, 0.3) is 5.78 Å². The van der Waals surface area contributed by atoms with Crippen molar-refractivity contribution in [2.75, 3.05) is 6.26 Å². The van der Waals surface area contributed by atoms with Gasteiger partial charge in [-0.1, -0.05) is 35.5 Å². The quantitative estimate of drug-likeness (QED) is 0.700. The zero-order chi connectivity index (χ0) is 18.8. The van der Waals surface area contributed by atoms with Gasteiger partial charge in [0.2, 0.25) is 11.1 Å². The van der Waals surface area contributed by atoms with Crippen LogP contribution in [-0.2, 0) is 17.8 Å². The monoisotopic (exact) mass is 369 g/mol. The molecule has 0 spiro atoms. The second kappa shape index (κ2) is 7.45. The standard InChI is InChI=1S/C19H23N5OS/c1-11-6-7-15(12(2)8-11)10-20-17(25)9-16-13(3)21-18-22-19(26-5)23-24(18)14(16)4/h6-8H,9-10H2,1-5H3,(H,20,25). The Balaban J connectivity index is 1.76. The van der Waals surface area contributed by atoms with Crippen molar-refractivity contribution < 1.29 is 4.79 Å². The Bertz CT molecular complexity index is 980. The van der Waals surface area contributed by atoms with Crippen LogP contribution in [0.5, 0.6) is 0 Å². The maximum atomic E-state index is 12.5. The van der Waals surface area contributed by atoms with Gasteiger partial charge in [-0.15, -0.1) is 5.10 Å². The molecule has 0 aliphatic carbocycles. The van der Waals surface area contributed by atoms with Crippen molar-refractivity contribution in [1.29, 1.82) is 0 Å². The van der Waals surface area contributed by atoms with Crippen LogP contribution in [0.2, 0.25) is 0 Å². The van der Waals surface area contributed by atoms with Crippen molar-refractivity contribution in [1.82, 2.24) is 24.9 Å². The van der Waals surface area contributed by atoms with E-state index in [4.69, 9.17) is 0 Å². The summed E-state index contributed by atoms with van der Waals surface area (Å²) in [5.41, 5.74) is 6.16. The first-order chi connectivity index (χ1) is 12.4. The predicted octanol–water partition coefficient (Wildman–Crippen LogP) is 2.94. The lowest BCUT2D eigenvalue weighted by molar-refractivity contribution is -0.120. The number of nitrogens with zero attached hydrogens (tertiary/aromatic N) is 4. The van der Waals surface area contributed by atoms with Crippen LogP contribution in [0.15, 0.2) is 23.4 Å². The molecule has 26 heavy (non-hydrogen) atoms.